The highest BCUT2D eigenvalue weighted by Crippen LogP contribution is 2.73. The van der Waals surface area contributed by atoms with Gasteiger partial charge >= 0.3 is 0 Å². The van der Waals surface area contributed by atoms with E-state index in [0.29, 0.717) is 10.8 Å². The highest BCUT2D eigenvalue weighted by molar-refractivity contribution is 5.17. The van der Waals surface area contributed by atoms with Gasteiger partial charge in [-0.2, -0.15) is 0 Å². The van der Waals surface area contributed by atoms with Crippen LogP contribution in [-0.4, -0.2) is 19.0 Å². The van der Waals surface area contributed by atoms with Gasteiger partial charge < -0.3 is 9.47 Å². The van der Waals surface area contributed by atoms with Crippen LogP contribution < -0.4 is 0 Å². The van der Waals surface area contributed by atoms with E-state index in [-0.39, 0.29) is 5.79 Å². The van der Waals surface area contributed by atoms with E-state index in [9.17, 15) is 0 Å². The molecule has 3 aliphatic rings. The van der Waals surface area contributed by atoms with E-state index in [1.54, 1.807) is 0 Å². The van der Waals surface area contributed by atoms with Crippen LogP contribution in [0.3, 0.4) is 0 Å². The quantitative estimate of drug-likeness (QED) is 0.643. The summed E-state index contributed by atoms with van der Waals surface area (Å²) in [4.78, 5) is 0. The minimum Gasteiger partial charge on any atom is -0.350 e. The minimum atomic E-state index is -0.378. The molecule has 3 fully saturated rings. The highest BCUT2D eigenvalue weighted by Gasteiger charge is 2.70. The van der Waals surface area contributed by atoms with E-state index < -0.39 is 0 Å². The third-order valence-corrected chi connectivity index (χ3v) is 5.94. The van der Waals surface area contributed by atoms with Crippen LogP contribution in [0.5, 0.6) is 0 Å². The van der Waals surface area contributed by atoms with Crippen LogP contribution >= 0.6 is 0 Å². The first-order chi connectivity index (χ1) is 7.80. The van der Waals surface area contributed by atoms with Gasteiger partial charge in [-0.1, -0.05) is 20.8 Å². The summed E-state index contributed by atoms with van der Waals surface area (Å²) in [5.74, 6) is 2.08. The number of ether oxygens (including phenoxy) is 2. The smallest absolute Gasteiger partial charge is 0.162 e. The third-order valence-electron chi connectivity index (χ3n) is 5.94. The van der Waals surface area contributed by atoms with Crippen molar-refractivity contribution in [3.05, 3.63) is 0 Å². The van der Waals surface area contributed by atoms with Crippen molar-refractivity contribution < 1.29 is 9.47 Å². The van der Waals surface area contributed by atoms with Crippen molar-refractivity contribution in [2.75, 3.05) is 13.2 Å². The summed E-state index contributed by atoms with van der Waals surface area (Å²) < 4.78 is 12.0. The largest absolute Gasteiger partial charge is 0.350 e. The molecular weight excluding hydrogens is 212 g/mol. The van der Waals surface area contributed by atoms with Gasteiger partial charge in [0.1, 0.15) is 0 Å². The molecule has 1 saturated heterocycles. The molecule has 3 atom stereocenters. The second-order valence-corrected chi connectivity index (χ2v) is 7.59. The zero-order valence-corrected chi connectivity index (χ0v) is 11.9. The molecule has 1 heterocycles. The van der Waals surface area contributed by atoms with Crippen LogP contribution in [-0.2, 0) is 9.47 Å². The van der Waals surface area contributed by atoms with Crippen molar-refractivity contribution in [3.63, 3.8) is 0 Å². The lowest BCUT2D eigenvalue weighted by molar-refractivity contribution is -0.302. The Morgan fingerprint density at radius 1 is 0.941 bits per heavy atom. The maximum atomic E-state index is 6.00. The van der Waals surface area contributed by atoms with E-state index in [1.807, 2.05) is 13.8 Å². The van der Waals surface area contributed by atoms with Gasteiger partial charge in [-0.05, 0) is 49.9 Å². The Morgan fingerprint density at radius 3 is 2.12 bits per heavy atom. The van der Waals surface area contributed by atoms with Gasteiger partial charge in [0.25, 0.3) is 0 Å². The fourth-order valence-electron chi connectivity index (χ4n) is 4.61. The van der Waals surface area contributed by atoms with Crippen LogP contribution in [0.2, 0.25) is 0 Å². The lowest BCUT2D eigenvalue weighted by Crippen LogP contribution is -2.52. The van der Waals surface area contributed by atoms with Gasteiger partial charge in [0.2, 0.25) is 0 Å². The second kappa shape index (κ2) is 3.27. The first-order valence-corrected chi connectivity index (χ1v) is 7.07. The summed E-state index contributed by atoms with van der Waals surface area (Å²) in [7, 11) is 0. The minimum absolute atomic E-state index is 0.294. The average molecular weight is 238 g/mol. The molecule has 0 aromatic rings. The van der Waals surface area contributed by atoms with E-state index in [4.69, 9.17) is 9.47 Å². The second-order valence-electron chi connectivity index (χ2n) is 7.59. The predicted molar refractivity (Wildman–Crippen MR) is 67.6 cm³/mol. The molecule has 1 spiro atoms. The van der Waals surface area contributed by atoms with Crippen LogP contribution in [0.4, 0.5) is 0 Å². The monoisotopic (exact) mass is 238 g/mol. The lowest BCUT2D eigenvalue weighted by atomic mass is 9.66. The standard InChI is InChI=1S/C15H26O2/c1-10-6-7-11-12(13(11,2)3)15(10)8-16-14(4,5)17-9-15/h10-12H,6-9H2,1-5H3/t10-,11-,12+/m0/s1. The Labute approximate surface area is 105 Å². The molecule has 2 aliphatic carbocycles. The fraction of sp³-hybridized carbons (Fsp3) is 1.00. The first-order valence-electron chi connectivity index (χ1n) is 7.07. The molecule has 0 unspecified atom stereocenters. The zero-order chi connectivity index (χ0) is 12.5. The molecular formula is C15H26O2. The first kappa shape index (κ1) is 12.0. The maximum absolute atomic E-state index is 6.00. The molecule has 0 aromatic carbocycles. The summed E-state index contributed by atoms with van der Waals surface area (Å²) in [6.45, 7) is 13.1. The topological polar surface area (TPSA) is 18.5 Å². The third kappa shape index (κ3) is 1.53. The number of fused-ring (bicyclic) bond motifs is 2. The summed E-state index contributed by atoms with van der Waals surface area (Å²) in [6.07, 6.45) is 2.75. The molecule has 98 valence electrons. The van der Waals surface area contributed by atoms with Crippen molar-refractivity contribution in [2.45, 2.75) is 53.2 Å². The number of rotatable bonds is 0. The summed E-state index contributed by atoms with van der Waals surface area (Å²) in [6, 6.07) is 0. The van der Waals surface area contributed by atoms with Gasteiger partial charge in [-0.25, -0.2) is 0 Å². The molecule has 0 N–H and O–H groups in total. The molecule has 2 nitrogen and oxygen atoms in total. The van der Waals surface area contributed by atoms with E-state index >= 15 is 0 Å². The maximum Gasteiger partial charge on any atom is 0.162 e. The number of hydrogen-bond acceptors (Lipinski definition) is 2. The van der Waals surface area contributed by atoms with Gasteiger partial charge in [0.05, 0.1) is 13.2 Å². The molecule has 17 heavy (non-hydrogen) atoms. The van der Waals surface area contributed by atoms with Gasteiger partial charge in [0, 0.05) is 5.41 Å². The van der Waals surface area contributed by atoms with Gasteiger partial charge in [-0.15, -0.1) is 0 Å². The Balaban J connectivity index is 1.86. The molecule has 1 aliphatic heterocycles. The van der Waals surface area contributed by atoms with Crippen molar-refractivity contribution in [2.24, 2.45) is 28.6 Å². The Bertz CT molecular complexity index is 322. The SMILES string of the molecule is C[C@H]1CC[C@H]2[C@H](C2(C)C)C12COC(C)(C)OC2. The van der Waals surface area contributed by atoms with Crippen LogP contribution in [0.1, 0.15) is 47.5 Å². The zero-order valence-electron chi connectivity index (χ0n) is 11.9. The van der Waals surface area contributed by atoms with Crippen LogP contribution in [0.15, 0.2) is 0 Å². The summed E-state index contributed by atoms with van der Waals surface area (Å²) in [5.41, 5.74) is 0.806. The van der Waals surface area contributed by atoms with Crippen LogP contribution in [0, 0.1) is 28.6 Å². The lowest BCUT2D eigenvalue weighted by Gasteiger charge is -2.49. The molecule has 0 aromatic heterocycles. The van der Waals surface area contributed by atoms with Gasteiger partial charge in [-0.3, -0.25) is 0 Å². The summed E-state index contributed by atoms with van der Waals surface area (Å²) >= 11 is 0. The molecule has 0 amide bonds. The molecule has 0 radical (unpaired) electrons. The summed E-state index contributed by atoms with van der Waals surface area (Å²) in [5, 5.41) is 0. The molecule has 2 heteroatoms. The van der Waals surface area contributed by atoms with E-state index in [2.05, 4.69) is 20.8 Å². The number of hydrogen-bond donors (Lipinski definition) is 0. The van der Waals surface area contributed by atoms with E-state index in [1.165, 1.54) is 12.8 Å². The molecule has 0 bridgehead atoms. The van der Waals surface area contributed by atoms with Crippen LogP contribution in [0.25, 0.3) is 0 Å². The van der Waals surface area contributed by atoms with Crippen molar-refractivity contribution >= 4 is 0 Å². The molecule has 3 rings (SSSR count). The normalized spacial score (nSPS) is 45.4. The predicted octanol–water partition coefficient (Wildman–Crippen LogP) is 3.46. The van der Waals surface area contributed by atoms with Gasteiger partial charge in [0.15, 0.2) is 5.79 Å². The molecule has 2 saturated carbocycles. The Hall–Kier alpha value is -0.0800. The van der Waals surface area contributed by atoms with E-state index in [0.717, 1.165) is 31.0 Å². The average Bonchev–Trinajstić information content (AvgIpc) is 2.80. The highest BCUT2D eigenvalue weighted by atomic mass is 16.7. The Kier molecular flexibility index (Phi) is 2.30. The van der Waals surface area contributed by atoms with Crippen molar-refractivity contribution in [3.8, 4) is 0 Å². The fourth-order valence-corrected chi connectivity index (χ4v) is 4.61. The van der Waals surface area contributed by atoms with Crippen molar-refractivity contribution in [1.29, 1.82) is 0 Å². The van der Waals surface area contributed by atoms with Crippen molar-refractivity contribution in [1.82, 2.24) is 0 Å². The Morgan fingerprint density at radius 2 is 1.53 bits per heavy atom.